The lowest BCUT2D eigenvalue weighted by atomic mass is 9.91. The van der Waals surface area contributed by atoms with Crippen molar-refractivity contribution >= 4 is 0 Å². The van der Waals surface area contributed by atoms with Crippen LogP contribution in [0.15, 0.2) is 18.5 Å². The maximum absolute atomic E-state index is 9.98. The van der Waals surface area contributed by atoms with Crippen LogP contribution in [0.4, 0.5) is 0 Å². The first kappa shape index (κ1) is 8.70. The summed E-state index contributed by atoms with van der Waals surface area (Å²) < 4.78 is 0. The molecule has 1 aliphatic rings. The smallest absolute Gasteiger partial charge is 0.0827 e. The monoisotopic (exact) mass is 177 g/mol. The summed E-state index contributed by atoms with van der Waals surface area (Å²) >= 11 is 0. The molecule has 13 heavy (non-hydrogen) atoms. The SMILES string of the molecule is CC(C)C1Cc2cnccc2C1O. The number of aliphatic hydroxyl groups excluding tert-OH is 1. The van der Waals surface area contributed by atoms with Crippen molar-refractivity contribution < 1.29 is 5.11 Å². The van der Waals surface area contributed by atoms with Crippen LogP contribution in [0, 0.1) is 11.8 Å². The first-order chi connectivity index (χ1) is 6.20. The topological polar surface area (TPSA) is 33.1 Å². The lowest BCUT2D eigenvalue weighted by molar-refractivity contribution is 0.0968. The van der Waals surface area contributed by atoms with Crippen molar-refractivity contribution in [2.24, 2.45) is 11.8 Å². The maximum atomic E-state index is 9.98. The highest BCUT2D eigenvalue weighted by atomic mass is 16.3. The van der Waals surface area contributed by atoms with Gasteiger partial charge >= 0.3 is 0 Å². The van der Waals surface area contributed by atoms with E-state index < -0.39 is 0 Å². The Labute approximate surface area is 78.6 Å². The molecule has 2 nitrogen and oxygen atoms in total. The molecule has 0 aromatic carbocycles. The Morgan fingerprint density at radius 3 is 2.92 bits per heavy atom. The van der Waals surface area contributed by atoms with Gasteiger partial charge in [-0.25, -0.2) is 0 Å². The minimum atomic E-state index is -0.280. The van der Waals surface area contributed by atoms with Crippen LogP contribution in [-0.4, -0.2) is 10.1 Å². The van der Waals surface area contributed by atoms with E-state index in [2.05, 4.69) is 18.8 Å². The molecule has 1 aromatic rings. The first-order valence-corrected chi connectivity index (χ1v) is 4.81. The molecule has 2 rings (SSSR count). The van der Waals surface area contributed by atoms with Crippen molar-refractivity contribution in [2.75, 3.05) is 0 Å². The predicted octanol–water partition coefficient (Wildman–Crippen LogP) is 1.94. The fourth-order valence-corrected chi connectivity index (χ4v) is 2.09. The van der Waals surface area contributed by atoms with E-state index in [1.807, 2.05) is 12.3 Å². The van der Waals surface area contributed by atoms with Crippen LogP contribution in [0.2, 0.25) is 0 Å². The van der Waals surface area contributed by atoms with Crippen LogP contribution < -0.4 is 0 Å². The van der Waals surface area contributed by atoms with E-state index in [0.29, 0.717) is 11.8 Å². The minimum absolute atomic E-state index is 0.280. The Balaban J connectivity index is 2.32. The molecular formula is C11H15NO. The summed E-state index contributed by atoms with van der Waals surface area (Å²) in [6.07, 6.45) is 4.33. The normalized spacial score (nSPS) is 26.5. The van der Waals surface area contributed by atoms with Crippen molar-refractivity contribution in [3.63, 3.8) is 0 Å². The van der Waals surface area contributed by atoms with Gasteiger partial charge in [0.1, 0.15) is 0 Å². The van der Waals surface area contributed by atoms with E-state index in [-0.39, 0.29) is 6.10 Å². The van der Waals surface area contributed by atoms with Crippen molar-refractivity contribution in [1.82, 2.24) is 4.98 Å². The van der Waals surface area contributed by atoms with Gasteiger partial charge in [0.05, 0.1) is 6.10 Å². The van der Waals surface area contributed by atoms with E-state index in [0.717, 1.165) is 12.0 Å². The Kier molecular flexibility index (Phi) is 2.08. The molecule has 1 N–H and O–H groups in total. The zero-order chi connectivity index (χ0) is 9.42. The fourth-order valence-electron chi connectivity index (χ4n) is 2.09. The highest BCUT2D eigenvalue weighted by Crippen LogP contribution is 2.39. The third-order valence-electron chi connectivity index (χ3n) is 2.98. The average Bonchev–Trinajstić information content (AvgIpc) is 2.45. The largest absolute Gasteiger partial charge is 0.388 e. The van der Waals surface area contributed by atoms with Gasteiger partial charge in [-0.15, -0.1) is 0 Å². The number of fused-ring (bicyclic) bond motifs is 1. The molecule has 0 radical (unpaired) electrons. The van der Waals surface area contributed by atoms with Crippen molar-refractivity contribution in [3.8, 4) is 0 Å². The van der Waals surface area contributed by atoms with Gasteiger partial charge in [0.15, 0.2) is 0 Å². The van der Waals surface area contributed by atoms with Crippen LogP contribution >= 0.6 is 0 Å². The molecule has 1 heterocycles. The first-order valence-electron chi connectivity index (χ1n) is 4.81. The summed E-state index contributed by atoms with van der Waals surface area (Å²) in [6, 6.07) is 1.93. The second kappa shape index (κ2) is 3.11. The van der Waals surface area contributed by atoms with Gasteiger partial charge in [-0.3, -0.25) is 4.98 Å². The minimum Gasteiger partial charge on any atom is -0.388 e. The molecule has 0 bridgehead atoms. The van der Waals surface area contributed by atoms with E-state index in [4.69, 9.17) is 0 Å². The molecule has 70 valence electrons. The Bertz CT molecular complexity index is 309. The Morgan fingerprint density at radius 1 is 1.54 bits per heavy atom. The van der Waals surface area contributed by atoms with Crippen molar-refractivity contribution in [2.45, 2.75) is 26.4 Å². The summed E-state index contributed by atoms with van der Waals surface area (Å²) in [5.74, 6) is 0.904. The fraction of sp³-hybridized carbons (Fsp3) is 0.545. The van der Waals surface area contributed by atoms with Crippen LogP contribution in [0.3, 0.4) is 0 Å². The number of pyridine rings is 1. The van der Waals surface area contributed by atoms with E-state index in [1.54, 1.807) is 6.20 Å². The second-order valence-corrected chi connectivity index (χ2v) is 4.13. The van der Waals surface area contributed by atoms with Gasteiger partial charge in [-0.05, 0) is 35.4 Å². The maximum Gasteiger partial charge on any atom is 0.0827 e. The zero-order valence-corrected chi connectivity index (χ0v) is 8.07. The standard InChI is InChI=1S/C11H15NO/c1-7(2)10-5-8-6-12-4-3-9(8)11(10)13/h3-4,6-7,10-11,13H,5H2,1-2H3. The number of aliphatic hydroxyl groups is 1. The summed E-state index contributed by atoms with van der Waals surface area (Å²) in [5.41, 5.74) is 2.29. The van der Waals surface area contributed by atoms with Gasteiger partial charge in [0.2, 0.25) is 0 Å². The molecule has 0 fully saturated rings. The van der Waals surface area contributed by atoms with Gasteiger partial charge in [-0.1, -0.05) is 13.8 Å². The predicted molar refractivity (Wildman–Crippen MR) is 51.2 cm³/mol. The number of aromatic nitrogens is 1. The molecular weight excluding hydrogens is 162 g/mol. The number of nitrogens with zero attached hydrogens (tertiary/aromatic N) is 1. The van der Waals surface area contributed by atoms with Gasteiger partial charge in [0.25, 0.3) is 0 Å². The number of hydrogen-bond acceptors (Lipinski definition) is 2. The average molecular weight is 177 g/mol. The van der Waals surface area contributed by atoms with Gasteiger partial charge in [0, 0.05) is 12.4 Å². The van der Waals surface area contributed by atoms with Crippen LogP contribution in [0.5, 0.6) is 0 Å². The molecule has 1 aromatic heterocycles. The molecule has 0 amide bonds. The lowest BCUT2D eigenvalue weighted by Gasteiger charge is -2.18. The van der Waals surface area contributed by atoms with Crippen molar-refractivity contribution in [1.29, 1.82) is 0 Å². The number of hydrogen-bond donors (Lipinski definition) is 1. The van der Waals surface area contributed by atoms with Crippen LogP contribution in [0.1, 0.15) is 31.1 Å². The summed E-state index contributed by atoms with van der Waals surface area (Å²) in [5, 5.41) is 9.98. The zero-order valence-electron chi connectivity index (χ0n) is 8.07. The summed E-state index contributed by atoms with van der Waals surface area (Å²) in [7, 11) is 0. The number of rotatable bonds is 1. The Morgan fingerprint density at radius 2 is 2.31 bits per heavy atom. The summed E-state index contributed by atoms with van der Waals surface area (Å²) in [4.78, 5) is 4.07. The molecule has 0 saturated carbocycles. The van der Waals surface area contributed by atoms with Gasteiger partial charge < -0.3 is 5.11 Å². The summed E-state index contributed by atoms with van der Waals surface area (Å²) in [6.45, 7) is 4.32. The second-order valence-electron chi connectivity index (χ2n) is 4.13. The van der Waals surface area contributed by atoms with E-state index >= 15 is 0 Å². The Hall–Kier alpha value is -0.890. The highest BCUT2D eigenvalue weighted by molar-refractivity contribution is 5.31. The van der Waals surface area contributed by atoms with Crippen molar-refractivity contribution in [3.05, 3.63) is 29.6 Å². The molecule has 2 unspecified atom stereocenters. The molecule has 2 heteroatoms. The van der Waals surface area contributed by atoms with Gasteiger partial charge in [-0.2, -0.15) is 0 Å². The molecule has 2 atom stereocenters. The highest BCUT2D eigenvalue weighted by Gasteiger charge is 2.32. The van der Waals surface area contributed by atoms with Crippen LogP contribution in [0.25, 0.3) is 0 Å². The van der Waals surface area contributed by atoms with E-state index in [1.165, 1.54) is 5.56 Å². The third-order valence-corrected chi connectivity index (χ3v) is 2.98. The van der Waals surface area contributed by atoms with E-state index in [9.17, 15) is 5.11 Å². The molecule has 0 spiro atoms. The quantitative estimate of drug-likeness (QED) is 0.711. The lowest BCUT2D eigenvalue weighted by Crippen LogP contribution is -2.13. The van der Waals surface area contributed by atoms with Crippen LogP contribution in [-0.2, 0) is 6.42 Å². The molecule has 0 aliphatic heterocycles. The third kappa shape index (κ3) is 1.35. The molecule has 0 saturated heterocycles. The molecule has 1 aliphatic carbocycles.